The van der Waals surface area contributed by atoms with Crippen LogP contribution in [0.1, 0.15) is 45.7 Å². The molecule has 0 radical (unpaired) electrons. The fraction of sp³-hybridized carbons (Fsp3) is 0.500. The number of ether oxygens (including phenoxy) is 1. The lowest BCUT2D eigenvalue weighted by atomic mass is 9.72. The highest BCUT2D eigenvalue weighted by Gasteiger charge is 2.42. The van der Waals surface area contributed by atoms with Crippen molar-refractivity contribution in [2.75, 3.05) is 13.1 Å². The number of carbonyl (C=O) groups is 1. The number of likely N-dealkylation sites (tertiary alicyclic amines) is 1. The molecule has 3 unspecified atom stereocenters. The van der Waals surface area contributed by atoms with Gasteiger partial charge in [-0.2, -0.15) is 0 Å². The van der Waals surface area contributed by atoms with Crippen molar-refractivity contribution in [2.45, 2.75) is 52.1 Å². The van der Waals surface area contributed by atoms with Crippen LogP contribution in [0.2, 0.25) is 5.02 Å². The van der Waals surface area contributed by atoms with E-state index in [4.69, 9.17) is 21.3 Å². The van der Waals surface area contributed by atoms with Gasteiger partial charge in [0.05, 0.1) is 22.6 Å². The van der Waals surface area contributed by atoms with Crippen LogP contribution in [0.3, 0.4) is 0 Å². The first kappa shape index (κ1) is 22.2. The van der Waals surface area contributed by atoms with Crippen molar-refractivity contribution in [1.29, 1.82) is 0 Å². The van der Waals surface area contributed by atoms with Crippen LogP contribution in [0, 0.1) is 17.8 Å². The monoisotopic (exact) mass is 466 g/mol. The van der Waals surface area contributed by atoms with E-state index in [1.54, 1.807) is 0 Å². The van der Waals surface area contributed by atoms with Gasteiger partial charge in [0.15, 0.2) is 0 Å². The quantitative estimate of drug-likeness (QED) is 0.484. The van der Waals surface area contributed by atoms with E-state index < -0.39 is 5.60 Å². The maximum absolute atomic E-state index is 12.7. The number of imidazole rings is 1. The first-order valence-corrected chi connectivity index (χ1v) is 12.2. The van der Waals surface area contributed by atoms with Gasteiger partial charge in [0, 0.05) is 25.0 Å². The lowest BCUT2D eigenvalue weighted by Gasteiger charge is -2.32. The first-order valence-electron chi connectivity index (χ1n) is 11.8. The molecule has 1 aliphatic heterocycles. The predicted molar refractivity (Wildman–Crippen MR) is 129 cm³/mol. The van der Waals surface area contributed by atoms with Crippen LogP contribution in [0.25, 0.3) is 17.0 Å². The number of hydrogen-bond donors (Lipinski definition) is 0. The number of nitrogens with zero attached hydrogens (tertiary/aromatic N) is 4. The Balaban J connectivity index is 1.33. The summed E-state index contributed by atoms with van der Waals surface area (Å²) >= 11 is 6.21. The molecule has 174 valence electrons. The van der Waals surface area contributed by atoms with E-state index in [1.807, 2.05) is 60.7 Å². The van der Waals surface area contributed by atoms with E-state index in [0.717, 1.165) is 42.2 Å². The van der Waals surface area contributed by atoms with Crippen LogP contribution in [-0.4, -0.2) is 44.1 Å². The van der Waals surface area contributed by atoms with E-state index in [9.17, 15) is 4.79 Å². The zero-order valence-electron chi connectivity index (χ0n) is 19.5. The Hall–Kier alpha value is -2.60. The molecule has 33 heavy (non-hydrogen) atoms. The number of pyridine rings is 2. The standard InChI is InChI=1S/C26H31ClN4O2/c1-26(2,3)33-25(32)30-14-18-7-4-6-17(21(18)16-30)12-20-8-5-9-22(29-20)23-13-28-24-11-10-19(27)15-31(23)24/h5,8-11,13,15,17-18,21H,4,6-7,12,14,16H2,1-3H3. The summed E-state index contributed by atoms with van der Waals surface area (Å²) in [5, 5.41) is 0.668. The van der Waals surface area contributed by atoms with Crippen LogP contribution in [0.15, 0.2) is 42.7 Å². The molecule has 0 bridgehead atoms. The molecule has 0 spiro atoms. The highest BCUT2D eigenvalue weighted by molar-refractivity contribution is 6.30. The average Bonchev–Trinajstić information content (AvgIpc) is 3.37. The second kappa shape index (κ2) is 8.64. The van der Waals surface area contributed by atoms with Gasteiger partial charge in [0.2, 0.25) is 0 Å². The van der Waals surface area contributed by atoms with Crippen molar-refractivity contribution in [3.63, 3.8) is 0 Å². The van der Waals surface area contributed by atoms with Gasteiger partial charge >= 0.3 is 6.09 Å². The van der Waals surface area contributed by atoms with Gasteiger partial charge in [-0.05, 0) is 82.1 Å². The molecule has 3 aromatic heterocycles. The zero-order chi connectivity index (χ0) is 23.2. The van der Waals surface area contributed by atoms with Crippen molar-refractivity contribution in [3.05, 3.63) is 53.4 Å². The fourth-order valence-electron chi connectivity index (χ4n) is 5.47. The van der Waals surface area contributed by atoms with E-state index in [-0.39, 0.29) is 6.09 Å². The van der Waals surface area contributed by atoms with Gasteiger partial charge in [-0.15, -0.1) is 0 Å². The number of amides is 1. The second-order valence-corrected chi connectivity index (χ2v) is 10.9. The Bertz CT molecular complexity index is 1170. The Morgan fingerprint density at radius 3 is 2.85 bits per heavy atom. The predicted octanol–water partition coefficient (Wildman–Crippen LogP) is 5.88. The van der Waals surface area contributed by atoms with Crippen LogP contribution in [-0.2, 0) is 11.2 Å². The van der Waals surface area contributed by atoms with Gasteiger partial charge < -0.3 is 9.64 Å². The van der Waals surface area contributed by atoms with Gasteiger partial charge in [-0.1, -0.05) is 24.1 Å². The number of halogens is 1. The van der Waals surface area contributed by atoms with E-state index >= 15 is 0 Å². The summed E-state index contributed by atoms with van der Waals surface area (Å²) in [5.41, 5.74) is 3.32. The molecule has 1 amide bonds. The average molecular weight is 467 g/mol. The Morgan fingerprint density at radius 1 is 1.18 bits per heavy atom. The molecule has 0 aromatic carbocycles. The highest BCUT2D eigenvalue weighted by Crippen LogP contribution is 2.42. The summed E-state index contributed by atoms with van der Waals surface area (Å²) in [5.74, 6) is 1.59. The number of carbonyl (C=O) groups excluding carboxylic acids is 1. The Labute approximate surface area is 199 Å². The Kier molecular flexibility index (Phi) is 5.81. The van der Waals surface area contributed by atoms with E-state index in [0.29, 0.717) is 22.8 Å². The van der Waals surface area contributed by atoms with Gasteiger partial charge in [-0.25, -0.2) is 9.78 Å². The van der Waals surface area contributed by atoms with Crippen molar-refractivity contribution in [2.24, 2.45) is 17.8 Å². The maximum atomic E-state index is 12.7. The smallest absolute Gasteiger partial charge is 0.410 e. The molecule has 3 atom stereocenters. The number of aromatic nitrogens is 3. The minimum Gasteiger partial charge on any atom is -0.444 e. The van der Waals surface area contributed by atoms with Crippen LogP contribution in [0.4, 0.5) is 4.79 Å². The summed E-state index contributed by atoms with van der Waals surface area (Å²) in [6, 6.07) is 9.97. The maximum Gasteiger partial charge on any atom is 0.410 e. The van der Waals surface area contributed by atoms with Crippen LogP contribution in [0.5, 0.6) is 0 Å². The molecule has 1 saturated carbocycles. The molecule has 2 fully saturated rings. The summed E-state index contributed by atoms with van der Waals surface area (Å²) in [4.78, 5) is 24.1. The molecular formula is C26H31ClN4O2. The van der Waals surface area contributed by atoms with Gasteiger partial charge in [0.25, 0.3) is 0 Å². The molecule has 7 heteroatoms. The molecule has 6 nitrogen and oxygen atoms in total. The zero-order valence-corrected chi connectivity index (χ0v) is 20.3. The van der Waals surface area contributed by atoms with E-state index in [2.05, 4.69) is 17.1 Å². The van der Waals surface area contributed by atoms with Gasteiger partial charge in [0.1, 0.15) is 11.2 Å². The summed E-state index contributed by atoms with van der Waals surface area (Å²) in [6.07, 6.45) is 8.06. The fourth-order valence-corrected chi connectivity index (χ4v) is 5.63. The molecule has 5 rings (SSSR count). The lowest BCUT2D eigenvalue weighted by molar-refractivity contribution is 0.0282. The van der Waals surface area contributed by atoms with Crippen molar-refractivity contribution in [3.8, 4) is 11.4 Å². The molecule has 2 aliphatic rings. The molecule has 0 N–H and O–H groups in total. The summed E-state index contributed by atoms with van der Waals surface area (Å²) in [7, 11) is 0. The molecular weight excluding hydrogens is 436 g/mol. The molecule has 3 aromatic rings. The van der Waals surface area contributed by atoms with Crippen molar-refractivity contribution in [1.82, 2.24) is 19.3 Å². The van der Waals surface area contributed by atoms with Crippen LogP contribution >= 0.6 is 11.6 Å². The third-order valence-corrected chi connectivity index (χ3v) is 7.13. The normalized spacial score (nSPS) is 23.0. The third-order valence-electron chi connectivity index (χ3n) is 6.91. The molecule has 4 heterocycles. The summed E-state index contributed by atoms with van der Waals surface area (Å²) in [6.45, 7) is 7.37. The minimum atomic E-state index is -0.462. The minimum absolute atomic E-state index is 0.179. The molecule has 1 aliphatic carbocycles. The lowest BCUT2D eigenvalue weighted by Crippen LogP contribution is -2.36. The number of fused-ring (bicyclic) bond motifs is 2. The summed E-state index contributed by atoms with van der Waals surface area (Å²) < 4.78 is 7.63. The van der Waals surface area contributed by atoms with Gasteiger partial charge in [-0.3, -0.25) is 9.38 Å². The van der Waals surface area contributed by atoms with Crippen molar-refractivity contribution < 1.29 is 9.53 Å². The van der Waals surface area contributed by atoms with E-state index in [1.165, 1.54) is 19.3 Å². The van der Waals surface area contributed by atoms with Crippen LogP contribution < -0.4 is 0 Å². The largest absolute Gasteiger partial charge is 0.444 e. The number of hydrogen-bond acceptors (Lipinski definition) is 4. The van der Waals surface area contributed by atoms with Crippen molar-refractivity contribution >= 4 is 23.3 Å². The molecule has 1 saturated heterocycles. The first-order chi connectivity index (χ1) is 15.8. The number of rotatable bonds is 3. The highest BCUT2D eigenvalue weighted by atomic mass is 35.5. The Morgan fingerprint density at radius 2 is 2.03 bits per heavy atom. The third kappa shape index (κ3) is 4.72. The second-order valence-electron chi connectivity index (χ2n) is 10.4. The SMILES string of the molecule is CC(C)(C)OC(=O)N1CC2CCCC(Cc3cccc(-c4cnc5ccc(Cl)cn45)n3)C2C1. The topological polar surface area (TPSA) is 59.7 Å².